The number of tetrazole rings is 1. The average Bonchev–Trinajstić information content (AvgIpc) is 2.94. The molecule has 0 aliphatic rings. The number of hydrogen-bond acceptors (Lipinski definition) is 6. The van der Waals surface area contributed by atoms with Gasteiger partial charge in [-0.05, 0) is 30.5 Å². The van der Waals surface area contributed by atoms with Crippen molar-refractivity contribution in [3.05, 3.63) is 16.8 Å². The number of carbonyl (C=O) groups is 1. The SMILES string of the molecule is CC(C)(O)CNC(=O)Cn1nnc(-c2ccsc2)n1. The van der Waals surface area contributed by atoms with E-state index in [0.717, 1.165) is 5.56 Å². The second-order valence-electron chi connectivity index (χ2n) is 4.74. The van der Waals surface area contributed by atoms with E-state index in [9.17, 15) is 9.90 Å². The number of nitrogens with one attached hydrogen (secondary N) is 1. The minimum absolute atomic E-state index is 0.0206. The Morgan fingerprint density at radius 2 is 2.37 bits per heavy atom. The summed E-state index contributed by atoms with van der Waals surface area (Å²) in [7, 11) is 0. The van der Waals surface area contributed by atoms with E-state index in [1.165, 1.54) is 4.80 Å². The third-order valence-electron chi connectivity index (χ3n) is 2.24. The van der Waals surface area contributed by atoms with E-state index in [1.54, 1.807) is 25.2 Å². The standard InChI is InChI=1S/C11H15N5O2S/c1-11(2,18)7-12-9(17)5-16-14-10(13-15-16)8-3-4-19-6-8/h3-4,6,18H,5,7H2,1-2H3,(H,12,17). The maximum absolute atomic E-state index is 11.6. The van der Waals surface area contributed by atoms with Gasteiger partial charge in [0.25, 0.3) is 0 Å². The highest BCUT2D eigenvalue weighted by molar-refractivity contribution is 7.08. The molecule has 2 rings (SSSR count). The predicted octanol–water partition coefficient (Wildman–Crippen LogP) is 0.289. The van der Waals surface area contributed by atoms with Crippen LogP contribution in [0.15, 0.2) is 16.8 Å². The van der Waals surface area contributed by atoms with Gasteiger partial charge < -0.3 is 10.4 Å². The van der Waals surface area contributed by atoms with Crippen molar-refractivity contribution in [2.75, 3.05) is 6.54 Å². The van der Waals surface area contributed by atoms with Crippen LogP contribution in [0.25, 0.3) is 11.4 Å². The molecule has 0 unspecified atom stereocenters. The summed E-state index contributed by atoms with van der Waals surface area (Å²) < 4.78 is 0. The molecule has 0 saturated carbocycles. The van der Waals surface area contributed by atoms with Crippen LogP contribution in [0.3, 0.4) is 0 Å². The van der Waals surface area contributed by atoms with Gasteiger partial charge in [-0.25, -0.2) is 0 Å². The van der Waals surface area contributed by atoms with Gasteiger partial charge in [0.05, 0.1) is 5.60 Å². The first-order valence-electron chi connectivity index (χ1n) is 5.73. The maximum Gasteiger partial charge on any atom is 0.243 e. The molecule has 19 heavy (non-hydrogen) atoms. The second-order valence-corrected chi connectivity index (χ2v) is 5.52. The minimum atomic E-state index is -0.937. The molecular weight excluding hydrogens is 266 g/mol. The van der Waals surface area contributed by atoms with Crippen LogP contribution in [0.4, 0.5) is 0 Å². The van der Waals surface area contributed by atoms with Crippen LogP contribution in [0.1, 0.15) is 13.8 Å². The van der Waals surface area contributed by atoms with Gasteiger partial charge in [-0.3, -0.25) is 4.79 Å². The molecule has 0 aromatic carbocycles. The third-order valence-corrected chi connectivity index (χ3v) is 2.92. The van der Waals surface area contributed by atoms with Gasteiger partial charge in [-0.1, -0.05) is 0 Å². The van der Waals surface area contributed by atoms with E-state index in [4.69, 9.17) is 0 Å². The summed E-state index contributed by atoms with van der Waals surface area (Å²) in [5.41, 5.74) is -0.0547. The van der Waals surface area contributed by atoms with E-state index in [2.05, 4.69) is 20.7 Å². The summed E-state index contributed by atoms with van der Waals surface area (Å²) in [5, 5.41) is 27.7. The fourth-order valence-corrected chi connectivity index (χ4v) is 1.95. The van der Waals surface area contributed by atoms with Gasteiger partial charge in [0, 0.05) is 17.5 Å². The highest BCUT2D eigenvalue weighted by atomic mass is 32.1. The Labute approximate surface area is 114 Å². The highest BCUT2D eigenvalue weighted by Crippen LogP contribution is 2.16. The molecule has 0 aliphatic carbocycles. The number of rotatable bonds is 5. The molecule has 1 amide bonds. The Kier molecular flexibility index (Phi) is 3.91. The molecule has 0 bridgehead atoms. The Morgan fingerprint density at radius 3 is 3.00 bits per heavy atom. The second kappa shape index (κ2) is 5.45. The molecule has 8 heteroatoms. The van der Waals surface area contributed by atoms with E-state index < -0.39 is 5.60 Å². The van der Waals surface area contributed by atoms with E-state index in [-0.39, 0.29) is 19.0 Å². The summed E-state index contributed by atoms with van der Waals surface area (Å²) in [5.74, 6) is 0.230. The largest absolute Gasteiger partial charge is 0.389 e. The summed E-state index contributed by atoms with van der Waals surface area (Å²) in [6, 6.07) is 1.89. The lowest BCUT2D eigenvalue weighted by Gasteiger charge is -2.17. The fraction of sp³-hybridized carbons (Fsp3) is 0.455. The van der Waals surface area contributed by atoms with Crippen LogP contribution >= 0.6 is 11.3 Å². The zero-order valence-electron chi connectivity index (χ0n) is 10.7. The zero-order chi connectivity index (χ0) is 13.9. The molecule has 2 heterocycles. The summed E-state index contributed by atoms with van der Waals surface area (Å²) in [4.78, 5) is 12.8. The molecule has 2 aromatic heterocycles. The van der Waals surface area contributed by atoms with Gasteiger partial charge in [-0.2, -0.15) is 16.1 Å². The van der Waals surface area contributed by atoms with Crippen LogP contribution in [-0.4, -0.2) is 43.4 Å². The zero-order valence-corrected chi connectivity index (χ0v) is 11.5. The quantitative estimate of drug-likeness (QED) is 0.821. The van der Waals surface area contributed by atoms with Gasteiger partial charge in [0.15, 0.2) is 0 Å². The van der Waals surface area contributed by atoms with Crippen molar-refractivity contribution in [2.24, 2.45) is 0 Å². The Bertz CT molecular complexity index is 544. The van der Waals surface area contributed by atoms with Gasteiger partial charge in [0.2, 0.25) is 11.7 Å². The molecule has 0 spiro atoms. The average molecular weight is 281 g/mol. The number of carbonyl (C=O) groups excluding carboxylic acids is 1. The molecule has 2 aromatic rings. The lowest BCUT2D eigenvalue weighted by atomic mass is 10.1. The summed E-state index contributed by atoms with van der Waals surface area (Å²) >= 11 is 1.54. The van der Waals surface area contributed by atoms with Gasteiger partial charge in [0.1, 0.15) is 6.54 Å². The summed E-state index contributed by atoms with van der Waals surface area (Å²) in [6.45, 7) is 3.40. The van der Waals surface area contributed by atoms with Crippen molar-refractivity contribution in [1.29, 1.82) is 0 Å². The minimum Gasteiger partial charge on any atom is -0.389 e. The Hall–Kier alpha value is -1.80. The van der Waals surface area contributed by atoms with Crippen LogP contribution in [-0.2, 0) is 11.3 Å². The number of hydrogen-bond donors (Lipinski definition) is 2. The first-order valence-corrected chi connectivity index (χ1v) is 6.68. The summed E-state index contributed by atoms with van der Waals surface area (Å²) in [6.07, 6.45) is 0. The smallest absolute Gasteiger partial charge is 0.243 e. The van der Waals surface area contributed by atoms with Crippen molar-refractivity contribution < 1.29 is 9.90 Å². The van der Waals surface area contributed by atoms with Crippen LogP contribution < -0.4 is 5.32 Å². The lowest BCUT2D eigenvalue weighted by Crippen LogP contribution is -2.39. The van der Waals surface area contributed by atoms with E-state index in [1.807, 2.05) is 16.8 Å². The molecule has 2 N–H and O–H groups in total. The van der Waals surface area contributed by atoms with Crippen molar-refractivity contribution in [2.45, 2.75) is 26.0 Å². The topological polar surface area (TPSA) is 92.9 Å². The molecule has 0 saturated heterocycles. The van der Waals surface area contributed by atoms with Gasteiger partial charge in [-0.15, -0.1) is 10.2 Å². The van der Waals surface area contributed by atoms with E-state index in [0.29, 0.717) is 5.82 Å². The van der Waals surface area contributed by atoms with Crippen molar-refractivity contribution in [3.63, 3.8) is 0 Å². The molecule has 102 valence electrons. The van der Waals surface area contributed by atoms with Crippen LogP contribution in [0, 0.1) is 0 Å². The monoisotopic (exact) mass is 281 g/mol. The lowest BCUT2D eigenvalue weighted by molar-refractivity contribution is -0.123. The molecule has 0 atom stereocenters. The third kappa shape index (κ3) is 4.11. The number of thiophene rings is 1. The van der Waals surface area contributed by atoms with Crippen molar-refractivity contribution in [3.8, 4) is 11.4 Å². The van der Waals surface area contributed by atoms with E-state index >= 15 is 0 Å². The molecular formula is C11H15N5O2S. The molecule has 0 fully saturated rings. The van der Waals surface area contributed by atoms with Crippen LogP contribution in [0.5, 0.6) is 0 Å². The van der Waals surface area contributed by atoms with Crippen molar-refractivity contribution in [1.82, 2.24) is 25.5 Å². The molecule has 0 radical (unpaired) electrons. The van der Waals surface area contributed by atoms with Crippen molar-refractivity contribution >= 4 is 17.2 Å². The number of aliphatic hydroxyl groups is 1. The first-order chi connectivity index (χ1) is 8.94. The highest BCUT2D eigenvalue weighted by Gasteiger charge is 2.15. The number of aromatic nitrogens is 4. The molecule has 0 aliphatic heterocycles. The number of nitrogens with zero attached hydrogens (tertiary/aromatic N) is 4. The fourth-order valence-electron chi connectivity index (χ4n) is 1.32. The first kappa shape index (κ1) is 13.6. The Balaban J connectivity index is 1.91. The molecule has 7 nitrogen and oxygen atoms in total. The van der Waals surface area contributed by atoms with Crippen LogP contribution in [0.2, 0.25) is 0 Å². The van der Waals surface area contributed by atoms with Gasteiger partial charge >= 0.3 is 0 Å². The Morgan fingerprint density at radius 1 is 1.58 bits per heavy atom. The normalized spacial score (nSPS) is 11.5. The maximum atomic E-state index is 11.6. The predicted molar refractivity (Wildman–Crippen MR) is 70.4 cm³/mol. The number of amides is 1.